The lowest BCUT2D eigenvalue weighted by Gasteiger charge is -2.18. The second kappa shape index (κ2) is 8.39. The van der Waals surface area contributed by atoms with Gasteiger partial charge < -0.3 is 15.2 Å². The van der Waals surface area contributed by atoms with E-state index in [2.05, 4.69) is 31.2 Å². The molecule has 3 aromatic rings. The lowest BCUT2D eigenvalue weighted by molar-refractivity contribution is 0.311. The average molecular weight is 471 g/mol. The van der Waals surface area contributed by atoms with E-state index in [1.54, 1.807) is 0 Å². The lowest BCUT2D eigenvalue weighted by Crippen LogP contribution is -2.27. The molecule has 0 bridgehead atoms. The predicted molar refractivity (Wildman–Crippen MR) is 108 cm³/mol. The Hall–Kier alpha value is -2.63. The van der Waals surface area contributed by atoms with Gasteiger partial charge in [-0.2, -0.15) is 0 Å². The largest absolute Gasteiger partial charge is 0.355 e. The highest BCUT2D eigenvalue weighted by Crippen LogP contribution is 2.28. The van der Waals surface area contributed by atoms with Crippen molar-refractivity contribution in [1.82, 2.24) is 14.9 Å². The summed E-state index contributed by atoms with van der Waals surface area (Å²) in [6.45, 7) is 1.18. The molecule has 0 amide bonds. The first kappa shape index (κ1) is 21.1. The number of anilines is 2. The quantitative estimate of drug-likeness (QED) is 0.249. The van der Waals surface area contributed by atoms with Crippen LogP contribution in [0, 0.1) is 22.9 Å². The summed E-state index contributed by atoms with van der Waals surface area (Å²) in [6, 6.07) is 4.39. The summed E-state index contributed by atoms with van der Waals surface area (Å²) in [4.78, 5) is 8.77. The number of hydrogen-bond acceptors (Lipinski definition) is 5. The first-order valence-corrected chi connectivity index (χ1v) is 9.27. The van der Waals surface area contributed by atoms with E-state index in [1.165, 1.54) is 12.1 Å². The summed E-state index contributed by atoms with van der Waals surface area (Å²) in [6.07, 6.45) is 0. The number of aromatic nitrogens is 2. The number of imidazole rings is 1. The summed E-state index contributed by atoms with van der Waals surface area (Å²) in [5, 5.41) is 22.0. The molecular weight excluding hydrogens is 453 g/mol. The van der Waals surface area contributed by atoms with Gasteiger partial charge in [-0.3, -0.25) is 10.6 Å². The minimum absolute atomic E-state index is 0.0430. The smallest absolute Gasteiger partial charge is 0.201 e. The highest BCUT2D eigenvalue weighted by atomic mass is 79.9. The Kier molecular flexibility index (Phi) is 6.10. The van der Waals surface area contributed by atoms with Crippen LogP contribution in [0.5, 0.6) is 0 Å². The SMILES string of the molecule is CN(C)CCNc1nc2c(F)c(F)cc(C(=N)N(O)c3ccc(F)c(Br)c3)c2[nH]1. The van der Waals surface area contributed by atoms with E-state index in [1.807, 2.05) is 19.0 Å². The molecule has 11 heteroatoms. The number of H-pyrrole nitrogens is 1. The number of nitrogens with zero attached hydrogens (tertiary/aromatic N) is 3. The molecule has 3 rings (SSSR count). The minimum Gasteiger partial charge on any atom is -0.355 e. The Bertz CT molecular complexity index is 1070. The van der Waals surface area contributed by atoms with Crippen molar-refractivity contribution < 1.29 is 18.4 Å². The number of rotatable bonds is 6. The van der Waals surface area contributed by atoms with E-state index >= 15 is 0 Å². The molecule has 0 spiro atoms. The fraction of sp³-hybridized carbons (Fsp3) is 0.222. The van der Waals surface area contributed by atoms with Crippen molar-refractivity contribution in [2.24, 2.45) is 0 Å². The standard InChI is InChI=1S/C18H18BrF3N6O/c1-27(2)6-5-24-18-25-15-10(8-13(21)14(22)16(15)26-18)17(23)28(29)9-3-4-12(20)11(19)7-9/h3-4,7-8,23,29H,5-6H2,1-2H3,(H2,24,25,26). The molecular formula is C18H18BrF3N6O. The van der Waals surface area contributed by atoms with Crippen LogP contribution in [-0.2, 0) is 0 Å². The number of benzene rings is 2. The molecule has 0 aliphatic rings. The van der Waals surface area contributed by atoms with Gasteiger partial charge >= 0.3 is 0 Å². The van der Waals surface area contributed by atoms with Gasteiger partial charge in [-0.25, -0.2) is 23.2 Å². The van der Waals surface area contributed by atoms with E-state index in [-0.39, 0.29) is 32.7 Å². The zero-order valence-electron chi connectivity index (χ0n) is 15.5. The molecule has 0 unspecified atom stereocenters. The van der Waals surface area contributed by atoms with Crippen LogP contribution < -0.4 is 10.4 Å². The van der Waals surface area contributed by atoms with Gasteiger partial charge in [0.1, 0.15) is 11.3 Å². The predicted octanol–water partition coefficient (Wildman–Crippen LogP) is 3.94. The summed E-state index contributed by atoms with van der Waals surface area (Å²) < 4.78 is 41.9. The van der Waals surface area contributed by atoms with Crippen molar-refractivity contribution in [1.29, 1.82) is 5.41 Å². The Morgan fingerprint density at radius 1 is 1.24 bits per heavy atom. The van der Waals surface area contributed by atoms with E-state index in [4.69, 9.17) is 5.41 Å². The van der Waals surface area contributed by atoms with Crippen molar-refractivity contribution in [3.8, 4) is 0 Å². The molecule has 0 atom stereocenters. The number of aromatic amines is 1. The maximum Gasteiger partial charge on any atom is 0.201 e. The zero-order valence-corrected chi connectivity index (χ0v) is 17.1. The average Bonchev–Trinajstić information content (AvgIpc) is 3.10. The Balaban J connectivity index is 1.98. The lowest BCUT2D eigenvalue weighted by atomic mass is 10.1. The fourth-order valence-electron chi connectivity index (χ4n) is 2.63. The van der Waals surface area contributed by atoms with Crippen molar-refractivity contribution >= 4 is 44.4 Å². The number of nitrogens with one attached hydrogen (secondary N) is 3. The van der Waals surface area contributed by atoms with Crippen LogP contribution in [-0.4, -0.2) is 53.1 Å². The van der Waals surface area contributed by atoms with Crippen LogP contribution in [0.15, 0.2) is 28.7 Å². The maximum atomic E-state index is 14.2. The summed E-state index contributed by atoms with van der Waals surface area (Å²) in [7, 11) is 3.77. The third-order valence-corrected chi connectivity index (χ3v) is 4.74. The molecule has 0 radical (unpaired) electrons. The molecule has 29 heavy (non-hydrogen) atoms. The third kappa shape index (κ3) is 4.36. The monoisotopic (exact) mass is 470 g/mol. The number of hydroxylamine groups is 1. The fourth-order valence-corrected chi connectivity index (χ4v) is 3.00. The number of halogens is 4. The van der Waals surface area contributed by atoms with Crippen molar-refractivity contribution in [2.75, 3.05) is 37.6 Å². The van der Waals surface area contributed by atoms with Gasteiger partial charge in [0.2, 0.25) is 5.95 Å². The van der Waals surface area contributed by atoms with E-state index in [0.717, 1.165) is 12.1 Å². The van der Waals surface area contributed by atoms with Gasteiger partial charge in [0.05, 0.1) is 15.7 Å². The minimum atomic E-state index is -1.21. The van der Waals surface area contributed by atoms with E-state index < -0.39 is 23.3 Å². The Morgan fingerprint density at radius 2 is 1.97 bits per heavy atom. The highest BCUT2D eigenvalue weighted by Gasteiger charge is 2.22. The van der Waals surface area contributed by atoms with Gasteiger partial charge in [-0.1, -0.05) is 0 Å². The number of amidine groups is 1. The van der Waals surface area contributed by atoms with Gasteiger partial charge in [-0.05, 0) is 54.3 Å². The summed E-state index contributed by atoms with van der Waals surface area (Å²) in [5.74, 6) is -3.27. The summed E-state index contributed by atoms with van der Waals surface area (Å²) >= 11 is 3.00. The van der Waals surface area contributed by atoms with Crippen molar-refractivity contribution in [3.63, 3.8) is 0 Å². The molecule has 1 aromatic heterocycles. The highest BCUT2D eigenvalue weighted by molar-refractivity contribution is 9.10. The Labute approximate surface area is 172 Å². The van der Waals surface area contributed by atoms with Crippen LogP contribution in [0.4, 0.5) is 24.8 Å². The number of likely N-dealkylation sites (N-methyl/N-ethyl adjacent to an activating group) is 1. The molecule has 0 aliphatic heterocycles. The molecule has 2 aromatic carbocycles. The summed E-state index contributed by atoms with van der Waals surface area (Å²) in [5.41, 5.74) is -0.313. The third-order valence-electron chi connectivity index (χ3n) is 4.13. The first-order chi connectivity index (χ1) is 13.7. The van der Waals surface area contributed by atoms with Crippen LogP contribution in [0.1, 0.15) is 5.56 Å². The molecule has 0 saturated carbocycles. The second-order valence-corrected chi connectivity index (χ2v) is 7.37. The first-order valence-electron chi connectivity index (χ1n) is 8.48. The molecule has 0 fully saturated rings. The molecule has 154 valence electrons. The molecule has 7 nitrogen and oxygen atoms in total. The molecule has 0 aliphatic carbocycles. The van der Waals surface area contributed by atoms with Crippen LogP contribution >= 0.6 is 15.9 Å². The van der Waals surface area contributed by atoms with Gasteiger partial charge in [0.25, 0.3) is 0 Å². The van der Waals surface area contributed by atoms with Gasteiger partial charge in [-0.15, -0.1) is 0 Å². The van der Waals surface area contributed by atoms with Crippen molar-refractivity contribution in [2.45, 2.75) is 0 Å². The second-order valence-electron chi connectivity index (χ2n) is 6.52. The topological polar surface area (TPSA) is 91.3 Å². The van der Waals surface area contributed by atoms with E-state index in [9.17, 15) is 18.4 Å². The number of hydrogen-bond donors (Lipinski definition) is 4. The number of fused-ring (bicyclic) bond motifs is 1. The van der Waals surface area contributed by atoms with Crippen LogP contribution in [0.3, 0.4) is 0 Å². The Morgan fingerprint density at radius 3 is 2.62 bits per heavy atom. The van der Waals surface area contributed by atoms with Crippen LogP contribution in [0.2, 0.25) is 0 Å². The van der Waals surface area contributed by atoms with Crippen LogP contribution in [0.25, 0.3) is 11.0 Å². The zero-order chi connectivity index (χ0) is 21.3. The van der Waals surface area contributed by atoms with Crippen molar-refractivity contribution in [3.05, 3.63) is 51.8 Å². The van der Waals surface area contributed by atoms with E-state index in [0.29, 0.717) is 18.2 Å². The van der Waals surface area contributed by atoms with Gasteiger partial charge in [0, 0.05) is 18.7 Å². The molecule has 4 N–H and O–H groups in total. The molecule has 0 saturated heterocycles. The van der Waals surface area contributed by atoms with Gasteiger partial charge in [0.15, 0.2) is 17.5 Å². The maximum absolute atomic E-state index is 14.2. The normalized spacial score (nSPS) is 11.3. The molecule has 1 heterocycles.